The Morgan fingerprint density at radius 2 is 1.79 bits per heavy atom. The number of piperazine rings is 1. The number of hydrogen-bond donors (Lipinski definition) is 2. The lowest BCUT2D eigenvalue weighted by Crippen LogP contribution is -2.46. The molecule has 126 valence electrons. The number of carbonyl (C=O) groups excluding carboxylic acids is 1. The van der Waals surface area contributed by atoms with Crippen LogP contribution in [0.25, 0.3) is 0 Å². The first-order valence-corrected chi connectivity index (χ1v) is 8.40. The smallest absolute Gasteiger partial charge is 0.255 e. The van der Waals surface area contributed by atoms with Gasteiger partial charge in [0.2, 0.25) is 0 Å². The monoisotopic (exact) mass is 324 g/mol. The molecule has 2 aromatic carbocycles. The number of likely N-dealkylation sites (N-methyl/N-ethyl adjacent to an activating group) is 1. The van der Waals surface area contributed by atoms with Crippen LogP contribution in [-0.4, -0.2) is 43.5 Å². The van der Waals surface area contributed by atoms with Gasteiger partial charge in [-0.15, -0.1) is 0 Å². The summed E-state index contributed by atoms with van der Waals surface area (Å²) < 4.78 is 0. The van der Waals surface area contributed by atoms with Crippen molar-refractivity contribution in [1.29, 1.82) is 0 Å². The van der Waals surface area contributed by atoms with Gasteiger partial charge in [0.05, 0.1) is 11.4 Å². The van der Waals surface area contributed by atoms with E-state index in [0.717, 1.165) is 44.1 Å². The molecular weight excluding hydrogens is 300 g/mol. The number of nitrogens with zero attached hydrogens (tertiary/aromatic N) is 2. The number of nitrogen functional groups attached to an aromatic ring is 1. The molecule has 2 aromatic rings. The van der Waals surface area contributed by atoms with Gasteiger partial charge in [-0.05, 0) is 36.9 Å². The van der Waals surface area contributed by atoms with Crippen LogP contribution in [0, 0.1) is 0 Å². The Kier molecular flexibility index (Phi) is 5.01. The van der Waals surface area contributed by atoms with E-state index in [2.05, 4.69) is 22.0 Å². The number of hydrogen-bond acceptors (Lipinski definition) is 4. The van der Waals surface area contributed by atoms with Crippen LogP contribution in [0.3, 0.4) is 0 Å². The molecule has 1 heterocycles. The lowest BCUT2D eigenvalue weighted by atomic mass is 10.1. The van der Waals surface area contributed by atoms with E-state index in [9.17, 15) is 4.79 Å². The number of anilines is 3. The topological polar surface area (TPSA) is 61.6 Å². The van der Waals surface area contributed by atoms with Gasteiger partial charge in [0.25, 0.3) is 5.91 Å². The molecule has 24 heavy (non-hydrogen) atoms. The van der Waals surface area contributed by atoms with Gasteiger partial charge in [-0.1, -0.05) is 25.1 Å². The second-order valence-corrected chi connectivity index (χ2v) is 6.02. The Bertz CT molecular complexity index is 694. The highest BCUT2D eigenvalue weighted by Gasteiger charge is 2.19. The average molecular weight is 324 g/mol. The molecule has 3 rings (SSSR count). The summed E-state index contributed by atoms with van der Waals surface area (Å²) in [5.41, 5.74) is 9.03. The third-order valence-corrected chi connectivity index (χ3v) is 4.46. The summed E-state index contributed by atoms with van der Waals surface area (Å²) in [5.74, 6) is -0.116. The molecule has 1 aliphatic heterocycles. The van der Waals surface area contributed by atoms with Crippen molar-refractivity contribution in [2.45, 2.75) is 6.92 Å². The second kappa shape index (κ2) is 7.36. The van der Waals surface area contributed by atoms with E-state index in [-0.39, 0.29) is 5.91 Å². The molecular formula is C19H24N4O. The van der Waals surface area contributed by atoms with Gasteiger partial charge >= 0.3 is 0 Å². The average Bonchev–Trinajstić information content (AvgIpc) is 2.63. The second-order valence-electron chi connectivity index (χ2n) is 6.02. The van der Waals surface area contributed by atoms with Crippen molar-refractivity contribution >= 4 is 23.0 Å². The van der Waals surface area contributed by atoms with Crippen molar-refractivity contribution in [2.75, 3.05) is 48.7 Å². The molecule has 0 radical (unpaired) electrons. The van der Waals surface area contributed by atoms with E-state index in [1.165, 1.54) is 0 Å². The van der Waals surface area contributed by atoms with E-state index >= 15 is 0 Å². The number of benzene rings is 2. The summed E-state index contributed by atoms with van der Waals surface area (Å²) in [7, 11) is 0. The Hall–Kier alpha value is -2.53. The zero-order valence-corrected chi connectivity index (χ0v) is 14.0. The Morgan fingerprint density at radius 1 is 1.08 bits per heavy atom. The number of nitrogens with two attached hydrogens (primary N) is 1. The predicted octanol–water partition coefficient (Wildman–Crippen LogP) is 2.66. The fourth-order valence-corrected chi connectivity index (χ4v) is 3.02. The maximum atomic E-state index is 12.5. The molecule has 0 unspecified atom stereocenters. The molecule has 1 fully saturated rings. The largest absolute Gasteiger partial charge is 0.399 e. The number of carbonyl (C=O) groups is 1. The fraction of sp³-hybridized carbons (Fsp3) is 0.316. The number of rotatable bonds is 4. The zero-order valence-electron chi connectivity index (χ0n) is 14.0. The van der Waals surface area contributed by atoms with Crippen molar-refractivity contribution < 1.29 is 4.79 Å². The van der Waals surface area contributed by atoms with Crippen LogP contribution in [0.5, 0.6) is 0 Å². The summed E-state index contributed by atoms with van der Waals surface area (Å²) >= 11 is 0. The first kappa shape index (κ1) is 16.3. The molecule has 0 atom stereocenters. The van der Waals surface area contributed by atoms with Crippen LogP contribution < -0.4 is 16.0 Å². The molecule has 1 amide bonds. The van der Waals surface area contributed by atoms with Gasteiger partial charge in [0.1, 0.15) is 0 Å². The molecule has 3 N–H and O–H groups in total. The molecule has 0 aliphatic carbocycles. The molecule has 0 saturated carbocycles. The van der Waals surface area contributed by atoms with E-state index in [1.807, 2.05) is 36.4 Å². The number of nitrogens with one attached hydrogen (secondary N) is 1. The van der Waals surface area contributed by atoms with Gasteiger partial charge in [0, 0.05) is 37.4 Å². The normalized spacial score (nSPS) is 15.3. The van der Waals surface area contributed by atoms with Gasteiger partial charge in [-0.2, -0.15) is 0 Å². The molecule has 1 saturated heterocycles. The summed E-state index contributed by atoms with van der Waals surface area (Å²) in [6.07, 6.45) is 0. The van der Waals surface area contributed by atoms with E-state index in [0.29, 0.717) is 11.3 Å². The molecule has 0 aromatic heterocycles. The Balaban J connectivity index is 1.80. The molecule has 0 bridgehead atoms. The predicted molar refractivity (Wildman–Crippen MR) is 99.6 cm³/mol. The maximum absolute atomic E-state index is 12.5. The first-order valence-electron chi connectivity index (χ1n) is 8.40. The van der Waals surface area contributed by atoms with Crippen LogP contribution in [0.1, 0.15) is 17.3 Å². The Labute approximate surface area is 143 Å². The van der Waals surface area contributed by atoms with Crippen LogP contribution in [-0.2, 0) is 0 Å². The van der Waals surface area contributed by atoms with Gasteiger partial charge in [-0.3, -0.25) is 4.79 Å². The molecule has 0 spiro atoms. The quantitative estimate of drug-likeness (QED) is 0.849. The van der Waals surface area contributed by atoms with Crippen molar-refractivity contribution in [3.05, 3.63) is 54.1 Å². The van der Waals surface area contributed by atoms with Gasteiger partial charge in [-0.25, -0.2) is 0 Å². The van der Waals surface area contributed by atoms with E-state index in [1.54, 1.807) is 12.1 Å². The lowest BCUT2D eigenvalue weighted by molar-refractivity contribution is 0.102. The summed E-state index contributed by atoms with van der Waals surface area (Å²) in [6, 6.07) is 15.0. The summed E-state index contributed by atoms with van der Waals surface area (Å²) in [5, 5.41) is 3.02. The third kappa shape index (κ3) is 3.68. The van der Waals surface area contributed by atoms with Crippen molar-refractivity contribution in [1.82, 2.24) is 4.90 Å². The van der Waals surface area contributed by atoms with Gasteiger partial charge in [0.15, 0.2) is 0 Å². The highest BCUT2D eigenvalue weighted by atomic mass is 16.1. The van der Waals surface area contributed by atoms with Crippen LogP contribution in [0.4, 0.5) is 17.1 Å². The molecule has 1 aliphatic rings. The third-order valence-electron chi connectivity index (χ3n) is 4.46. The minimum absolute atomic E-state index is 0.116. The highest BCUT2D eigenvalue weighted by molar-refractivity contribution is 6.06. The van der Waals surface area contributed by atoms with Gasteiger partial charge < -0.3 is 20.9 Å². The Morgan fingerprint density at radius 3 is 2.46 bits per heavy atom. The zero-order chi connectivity index (χ0) is 16.9. The summed E-state index contributed by atoms with van der Waals surface area (Å²) in [4.78, 5) is 17.2. The highest BCUT2D eigenvalue weighted by Crippen LogP contribution is 2.29. The first-order chi connectivity index (χ1) is 11.7. The van der Waals surface area contributed by atoms with Crippen LogP contribution in [0.15, 0.2) is 48.5 Å². The van der Waals surface area contributed by atoms with Crippen LogP contribution in [0.2, 0.25) is 0 Å². The molecule has 5 heteroatoms. The van der Waals surface area contributed by atoms with Crippen molar-refractivity contribution in [3.63, 3.8) is 0 Å². The summed E-state index contributed by atoms with van der Waals surface area (Å²) in [6.45, 7) is 7.23. The number of amides is 1. The van der Waals surface area contributed by atoms with E-state index < -0.39 is 0 Å². The lowest BCUT2D eigenvalue weighted by Gasteiger charge is -2.36. The maximum Gasteiger partial charge on any atom is 0.255 e. The van der Waals surface area contributed by atoms with E-state index in [4.69, 9.17) is 5.73 Å². The standard InChI is InChI=1S/C19H24N4O/c1-2-22-10-12-23(13-11-22)18-9-8-16(20)14-17(18)21-19(24)15-6-4-3-5-7-15/h3-9,14H,2,10-13,20H2,1H3,(H,21,24). The fourth-order valence-electron chi connectivity index (χ4n) is 3.02. The molecule has 5 nitrogen and oxygen atoms in total. The van der Waals surface area contributed by atoms with Crippen LogP contribution >= 0.6 is 0 Å². The SMILES string of the molecule is CCN1CCN(c2ccc(N)cc2NC(=O)c2ccccc2)CC1. The minimum Gasteiger partial charge on any atom is -0.399 e. The van der Waals surface area contributed by atoms with Crippen molar-refractivity contribution in [2.24, 2.45) is 0 Å². The minimum atomic E-state index is -0.116. The van der Waals surface area contributed by atoms with Crippen molar-refractivity contribution in [3.8, 4) is 0 Å².